The van der Waals surface area contributed by atoms with Crippen LogP contribution in [0.1, 0.15) is 17.5 Å². The van der Waals surface area contributed by atoms with E-state index in [1.807, 2.05) is 6.07 Å². The monoisotopic (exact) mass is 265 g/mol. The van der Waals surface area contributed by atoms with Crippen LogP contribution in [0.3, 0.4) is 0 Å². The van der Waals surface area contributed by atoms with Crippen molar-refractivity contribution in [3.63, 3.8) is 0 Å². The average molecular weight is 265 g/mol. The molecule has 96 valence electrons. The molecule has 1 heterocycles. The number of nitriles is 1. The molecule has 2 N–H and O–H groups in total. The van der Waals surface area contributed by atoms with Crippen LogP contribution >= 0.6 is 0 Å². The maximum absolute atomic E-state index is 12.4. The van der Waals surface area contributed by atoms with Gasteiger partial charge in [0.1, 0.15) is 11.0 Å². The lowest BCUT2D eigenvalue weighted by atomic mass is 10.1. The van der Waals surface area contributed by atoms with E-state index in [0.29, 0.717) is 25.1 Å². The van der Waals surface area contributed by atoms with Gasteiger partial charge in [0.25, 0.3) is 0 Å². The molecule has 1 fully saturated rings. The van der Waals surface area contributed by atoms with Crippen molar-refractivity contribution in [3.05, 3.63) is 29.3 Å². The molecule has 0 aromatic heterocycles. The Labute approximate surface area is 107 Å². The molecular weight excluding hydrogens is 250 g/mol. The molecule has 0 spiro atoms. The lowest BCUT2D eigenvalue weighted by Crippen LogP contribution is -2.32. The van der Waals surface area contributed by atoms with Crippen LogP contribution in [0.5, 0.6) is 0 Å². The zero-order valence-corrected chi connectivity index (χ0v) is 10.9. The number of nitrogens with zero attached hydrogens (tertiary/aromatic N) is 2. The van der Waals surface area contributed by atoms with E-state index in [9.17, 15) is 8.42 Å². The van der Waals surface area contributed by atoms with E-state index < -0.39 is 10.0 Å². The molecule has 0 radical (unpaired) electrons. The van der Waals surface area contributed by atoms with Crippen molar-refractivity contribution in [1.82, 2.24) is 4.31 Å². The highest BCUT2D eigenvalue weighted by molar-refractivity contribution is 7.89. The van der Waals surface area contributed by atoms with Gasteiger partial charge >= 0.3 is 0 Å². The van der Waals surface area contributed by atoms with Crippen molar-refractivity contribution in [2.75, 3.05) is 13.1 Å². The largest absolute Gasteiger partial charge is 0.326 e. The van der Waals surface area contributed by atoms with Crippen molar-refractivity contribution in [3.8, 4) is 6.07 Å². The third-order valence-corrected chi connectivity index (χ3v) is 5.06. The predicted molar refractivity (Wildman–Crippen MR) is 67.2 cm³/mol. The van der Waals surface area contributed by atoms with E-state index in [-0.39, 0.29) is 16.5 Å². The topological polar surface area (TPSA) is 87.2 Å². The summed E-state index contributed by atoms with van der Waals surface area (Å²) >= 11 is 0. The molecule has 5 nitrogen and oxygen atoms in total. The quantitative estimate of drug-likeness (QED) is 0.847. The van der Waals surface area contributed by atoms with Gasteiger partial charge in [0.05, 0.1) is 5.56 Å². The lowest BCUT2D eigenvalue weighted by Gasteiger charge is -2.17. The van der Waals surface area contributed by atoms with Crippen LogP contribution in [-0.4, -0.2) is 31.9 Å². The van der Waals surface area contributed by atoms with Crippen molar-refractivity contribution < 1.29 is 8.42 Å². The van der Waals surface area contributed by atoms with Crippen molar-refractivity contribution in [2.45, 2.75) is 24.3 Å². The van der Waals surface area contributed by atoms with Crippen LogP contribution in [-0.2, 0) is 10.0 Å². The van der Waals surface area contributed by atoms with Crippen LogP contribution in [0.15, 0.2) is 23.1 Å². The van der Waals surface area contributed by atoms with Crippen LogP contribution in [0, 0.1) is 18.3 Å². The van der Waals surface area contributed by atoms with Crippen molar-refractivity contribution >= 4 is 10.0 Å². The summed E-state index contributed by atoms with van der Waals surface area (Å²) in [5.74, 6) is 0. The second-order valence-electron chi connectivity index (χ2n) is 4.47. The maximum atomic E-state index is 12.4. The van der Waals surface area contributed by atoms with Gasteiger partial charge in [0.2, 0.25) is 10.0 Å². The average Bonchev–Trinajstić information content (AvgIpc) is 2.76. The summed E-state index contributed by atoms with van der Waals surface area (Å²) < 4.78 is 26.2. The van der Waals surface area contributed by atoms with E-state index in [1.54, 1.807) is 19.1 Å². The first-order chi connectivity index (χ1) is 8.46. The number of hydrogen-bond donors (Lipinski definition) is 1. The number of benzene rings is 1. The molecule has 0 unspecified atom stereocenters. The Balaban J connectivity index is 2.49. The highest BCUT2D eigenvalue weighted by Gasteiger charge is 2.32. The summed E-state index contributed by atoms with van der Waals surface area (Å²) in [6, 6.07) is 6.71. The number of rotatable bonds is 2. The van der Waals surface area contributed by atoms with E-state index in [2.05, 4.69) is 0 Å². The number of sulfonamides is 1. The molecular formula is C12H15N3O2S. The summed E-state index contributed by atoms with van der Waals surface area (Å²) in [4.78, 5) is 0.0825. The second-order valence-corrected chi connectivity index (χ2v) is 6.38. The minimum absolute atomic E-state index is 0.0825. The van der Waals surface area contributed by atoms with Crippen LogP contribution in [0.25, 0.3) is 0 Å². The Morgan fingerprint density at radius 2 is 2.22 bits per heavy atom. The first-order valence-corrected chi connectivity index (χ1v) is 7.16. The number of nitrogens with two attached hydrogens (primary N) is 1. The molecule has 1 aromatic rings. The molecule has 18 heavy (non-hydrogen) atoms. The summed E-state index contributed by atoms with van der Waals surface area (Å²) in [6.45, 7) is 2.47. The van der Waals surface area contributed by atoms with E-state index in [0.717, 1.165) is 0 Å². The minimum Gasteiger partial charge on any atom is -0.326 e. The fraction of sp³-hybridized carbons (Fsp3) is 0.417. The molecule has 1 aliphatic heterocycles. The first-order valence-electron chi connectivity index (χ1n) is 5.72. The summed E-state index contributed by atoms with van der Waals surface area (Å²) in [7, 11) is -3.61. The Bertz CT molecular complexity index is 604. The second kappa shape index (κ2) is 4.69. The fourth-order valence-electron chi connectivity index (χ4n) is 2.11. The Hall–Kier alpha value is -1.42. The molecule has 0 saturated carbocycles. The van der Waals surface area contributed by atoms with Gasteiger partial charge in [0.15, 0.2) is 0 Å². The molecule has 0 aliphatic carbocycles. The highest BCUT2D eigenvalue weighted by Crippen LogP contribution is 2.24. The van der Waals surface area contributed by atoms with Crippen LogP contribution < -0.4 is 5.73 Å². The Morgan fingerprint density at radius 3 is 2.78 bits per heavy atom. The van der Waals surface area contributed by atoms with E-state index >= 15 is 0 Å². The SMILES string of the molecule is Cc1cccc(S(=O)(=O)N2CC[C@@H](N)C2)c1C#N. The van der Waals surface area contributed by atoms with Gasteiger partial charge in [-0.15, -0.1) is 0 Å². The normalized spacial score (nSPS) is 20.8. The van der Waals surface area contributed by atoms with Crippen molar-refractivity contribution in [1.29, 1.82) is 5.26 Å². The third-order valence-electron chi connectivity index (χ3n) is 3.15. The zero-order chi connectivity index (χ0) is 13.3. The molecule has 1 aromatic carbocycles. The third kappa shape index (κ3) is 2.12. The minimum atomic E-state index is -3.61. The van der Waals surface area contributed by atoms with Gasteiger partial charge in [-0.1, -0.05) is 12.1 Å². The van der Waals surface area contributed by atoms with Gasteiger partial charge < -0.3 is 5.73 Å². The van der Waals surface area contributed by atoms with Crippen molar-refractivity contribution in [2.24, 2.45) is 5.73 Å². The maximum Gasteiger partial charge on any atom is 0.244 e. The molecule has 1 saturated heterocycles. The zero-order valence-electron chi connectivity index (χ0n) is 10.1. The van der Waals surface area contributed by atoms with Gasteiger partial charge in [-0.2, -0.15) is 9.57 Å². The lowest BCUT2D eigenvalue weighted by molar-refractivity contribution is 0.472. The van der Waals surface area contributed by atoms with Gasteiger partial charge in [-0.25, -0.2) is 8.42 Å². The van der Waals surface area contributed by atoms with Gasteiger partial charge in [0, 0.05) is 19.1 Å². The molecule has 2 rings (SSSR count). The summed E-state index contributed by atoms with van der Waals surface area (Å²) in [5, 5.41) is 9.10. The van der Waals surface area contributed by atoms with E-state index in [4.69, 9.17) is 11.0 Å². The molecule has 0 amide bonds. The number of aryl methyl sites for hydroxylation is 1. The predicted octanol–water partition coefficient (Wildman–Crippen LogP) is 0.588. The summed E-state index contributed by atoms with van der Waals surface area (Å²) in [6.07, 6.45) is 0.660. The molecule has 1 aliphatic rings. The van der Waals surface area contributed by atoms with Crippen LogP contribution in [0.4, 0.5) is 0 Å². The molecule has 0 bridgehead atoms. The molecule has 1 atom stereocenters. The van der Waals surface area contributed by atoms with Gasteiger partial charge in [-0.3, -0.25) is 0 Å². The Morgan fingerprint density at radius 1 is 1.50 bits per heavy atom. The first kappa shape index (κ1) is 13.0. The van der Waals surface area contributed by atoms with Crippen LogP contribution in [0.2, 0.25) is 0 Å². The summed E-state index contributed by atoms with van der Waals surface area (Å²) in [5.41, 5.74) is 6.62. The molecule has 6 heteroatoms. The highest BCUT2D eigenvalue weighted by atomic mass is 32.2. The smallest absolute Gasteiger partial charge is 0.244 e. The van der Waals surface area contributed by atoms with Gasteiger partial charge in [-0.05, 0) is 25.0 Å². The Kier molecular flexibility index (Phi) is 3.39. The fourth-order valence-corrected chi connectivity index (χ4v) is 3.84. The number of hydrogen-bond acceptors (Lipinski definition) is 4. The standard InChI is InChI=1S/C12H15N3O2S/c1-9-3-2-4-12(11(9)7-13)18(16,17)15-6-5-10(14)8-15/h2-4,10H,5-6,8,14H2,1H3/t10-/m1/s1. The van der Waals surface area contributed by atoms with E-state index in [1.165, 1.54) is 10.4 Å².